The van der Waals surface area contributed by atoms with Crippen LogP contribution in [-0.2, 0) is 10.0 Å². The summed E-state index contributed by atoms with van der Waals surface area (Å²) in [6.45, 7) is 5.00. The molecule has 1 fully saturated rings. The first-order valence-corrected chi connectivity index (χ1v) is 9.15. The highest BCUT2D eigenvalue weighted by Crippen LogP contribution is 2.33. The number of aryl methyl sites for hydroxylation is 1. The number of nitrogen functional groups attached to an aromatic ring is 1. The maximum Gasteiger partial charge on any atom is 0.243 e. The first-order chi connectivity index (χ1) is 9.36. The lowest BCUT2D eigenvalue weighted by Gasteiger charge is -2.23. The molecule has 0 spiro atoms. The van der Waals surface area contributed by atoms with Crippen LogP contribution in [0.1, 0.15) is 31.7 Å². The minimum atomic E-state index is -3.46. The van der Waals surface area contributed by atoms with Crippen molar-refractivity contribution in [3.05, 3.63) is 22.2 Å². The second-order valence-electron chi connectivity index (χ2n) is 5.45. The van der Waals surface area contributed by atoms with E-state index < -0.39 is 10.0 Å². The summed E-state index contributed by atoms with van der Waals surface area (Å²) in [4.78, 5) is 0.326. The summed E-state index contributed by atoms with van der Waals surface area (Å²) in [6, 6.07) is 3.33. The zero-order valence-corrected chi connectivity index (χ0v) is 14.3. The molecule has 4 nitrogen and oxygen atoms in total. The van der Waals surface area contributed by atoms with Crippen molar-refractivity contribution in [1.82, 2.24) is 4.31 Å². The van der Waals surface area contributed by atoms with Crippen molar-refractivity contribution in [2.24, 2.45) is 5.92 Å². The van der Waals surface area contributed by atoms with E-state index >= 15 is 0 Å². The molecule has 0 atom stereocenters. The van der Waals surface area contributed by atoms with Crippen LogP contribution in [0.15, 0.2) is 21.5 Å². The lowest BCUT2D eigenvalue weighted by Crippen LogP contribution is -2.34. The van der Waals surface area contributed by atoms with Gasteiger partial charge in [0.15, 0.2) is 0 Å². The number of nitrogens with zero attached hydrogens (tertiary/aromatic N) is 1. The van der Waals surface area contributed by atoms with Crippen LogP contribution in [0.2, 0.25) is 0 Å². The second-order valence-corrected chi connectivity index (χ2v) is 8.21. The van der Waals surface area contributed by atoms with E-state index in [9.17, 15) is 8.42 Å². The maximum atomic E-state index is 12.8. The average Bonchev–Trinajstić information content (AvgIpc) is 3.17. The van der Waals surface area contributed by atoms with E-state index in [2.05, 4.69) is 15.9 Å². The molecule has 6 heteroatoms. The van der Waals surface area contributed by atoms with Gasteiger partial charge in [0.05, 0.1) is 4.90 Å². The Morgan fingerprint density at radius 3 is 2.60 bits per heavy atom. The first-order valence-electron chi connectivity index (χ1n) is 6.92. The van der Waals surface area contributed by atoms with Gasteiger partial charge in [0, 0.05) is 23.2 Å². The van der Waals surface area contributed by atoms with E-state index in [0.29, 0.717) is 29.6 Å². The topological polar surface area (TPSA) is 63.4 Å². The molecule has 1 aromatic rings. The maximum absolute atomic E-state index is 12.8. The number of benzene rings is 1. The Balaban J connectivity index is 2.38. The van der Waals surface area contributed by atoms with Crippen LogP contribution >= 0.6 is 15.9 Å². The van der Waals surface area contributed by atoms with Crippen molar-refractivity contribution in [1.29, 1.82) is 0 Å². The number of rotatable bonds is 6. The predicted octanol–water partition coefficient (Wildman–Crippen LogP) is 3.15. The molecule has 0 amide bonds. The number of nitrogens with two attached hydrogens (primary N) is 1. The SMILES string of the molecule is CCCN(CC1CC1)S(=O)(=O)c1cc(N)c(Br)cc1C. The molecule has 0 saturated heterocycles. The van der Waals surface area contributed by atoms with Crippen LogP contribution in [0, 0.1) is 12.8 Å². The number of sulfonamides is 1. The fraction of sp³-hybridized carbons (Fsp3) is 0.571. The van der Waals surface area contributed by atoms with Crippen molar-refractivity contribution >= 4 is 31.6 Å². The Morgan fingerprint density at radius 2 is 2.05 bits per heavy atom. The number of anilines is 1. The Bertz CT molecular complexity index is 597. The van der Waals surface area contributed by atoms with Crippen LogP contribution in [0.3, 0.4) is 0 Å². The molecule has 0 radical (unpaired) electrons. The smallest absolute Gasteiger partial charge is 0.243 e. The van der Waals surface area contributed by atoms with Gasteiger partial charge in [0.25, 0.3) is 0 Å². The molecule has 2 N–H and O–H groups in total. The second kappa shape index (κ2) is 6.03. The molecule has 1 aliphatic carbocycles. The van der Waals surface area contributed by atoms with Gasteiger partial charge in [0.2, 0.25) is 10.0 Å². The third kappa shape index (κ3) is 3.35. The molecule has 0 heterocycles. The minimum Gasteiger partial charge on any atom is -0.398 e. The molecule has 1 aromatic carbocycles. The minimum absolute atomic E-state index is 0.326. The zero-order valence-electron chi connectivity index (χ0n) is 11.9. The van der Waals surface area contributed by atoms with Gasteiger partial charge in [-0.2, -0.15) is 4.31 Å². The molecule has 1 saturated carbocycles. The summed E-state index contributed by atoms with van der Waals surface area (Å²) in [6.07, 6.45) is 3.09. The molecule has 1 aliphatic rings. The van der Waals surface area contributed by atoms with Crippen LogP contribution in [0.4, 0.5) is 5.69 Å². The molecule has 0 unspecified atom stereocenters. The summed E-state index contributed by atoms with van der Waals surface area (Å²) in [5, 5.41) is 0. The molecule has 0 bridgehead atoms. The van der Waals surface area contributed by atoms with Crippen molar-refractivity contribution < 1.29 is 8.42 Å². The third-order valence-corrected chi connectivity index (χ3v) is 6.24. The molecular weight excluding hydrogens is 340 g/mol. The van der Waals surface area contributed by atoms with Gasteiger partial charge in [-0.1, -0.05) is 6.92 Å². The van der Waals surface area contributed by atoms with Gasteiger partial charge in [-0.3, -0.25) is 0 Å². The molecule has 20 heavy (non-hydrogen) atoms. The van der Waals surface area contributed by atoms with Crippen LogP contribution in [-0.4, -0.2) is 25.8 Å². The normalized spacial score (nSPS) is 15.8. The molecule has 0 aliphatic heterocycles. The summed E-state index contributed by atoms with van der Waals surface area (Å²) in [7, 11) is -3.46. The van der Waals surface area contributed by atoms with Crippen molar-refractivity contribution in [3.8, 4) is 0 Å². The average molecular weight is 361 g/mol. The Hall–Kier alpha value is -0.590. The van der Waals surface area contributed by atoms with Gasteiger partial charge in [-0.25, -0.2) is 8.42 Å². The van der Waals surface area contributed by atoms with Gasteiger partial charge in [-0.15, -0.1) is 0 Å². The molecule has 0 aromatic heterocycles. The Kier molecular flexibility index (Phi) is 4.76. The van der Waals surface area contributed by atoms with Gasteiger partial charge < -0.3 is 5.73 Å². The monoisotopic (exact) mass is 360 g/mol. The van der Waals surface area contributed by atoms with Gasteiger partial charge in [0.1, 0.15) is 0 Å². The zero-order chi connectivity index (χ0) is 14.9. The van der Waals surface area contributed by atoms with Crippen molar-refractivity contribution in [2.45, 2.75) is 38.0 Å². The van der Waals surface area contributed by atoms with E-state index in [4.69, 9.17) is 5.73 Å². The Labute approximate surface area is 129 Å². The molecular formula is C14H21BrN2O2S. The summed E-state index contributed by atoms with van der Waals surface area (Å²) in [5.74, 6) is 0.532. The number of hydrogen-bond acceptors (Lipinski definition) is 3. The molecule has 112 valence electrons. The summed E-state index contributed by atoms with van der Waals surface area (Å²) in [5.41, 5.74) is 7.02. The largest absolute Gasteiger partial charge is 0.398 e. The van der Waals surface area contributed by atoms with Crippen LogP contribution in [0.5, 0.6) is 0 Å². The predicted molar refractivity (Wildman–Crippen MR) is 85.1 cm³/mol. The van der Waals surface area contributed by atoms with Crippen LogP contribution < -0.4 is 5.73 Å². The van der Waals surface area contributed by atoms with Crippen molar-refractivity contribution in [2.75, 3.05) is 18.8 Å². The lowest BCUT2D eigenvalue weighted by molar-refractivity contribution is 0.395. The summed E-state index contributed by atoms with van der Waals surface area (Å²) < 4.78 is 28.0. The summed E-state index contributed by atoms with van der Waals surface area (Å²) >= 11 is 3.33. The lowest BCUT2D eigenvalue weighted by atomic mass is 10.2. The third-order valence-electron chi connectivity index (χ3n) is 3.54. The fourth-order valence-corrected chi connectivity index (χ4v) is 4.54. The Morgan fingerprint density at radius 1 is 1.40 bits per heavy atom. The molecule has 2 rings (SSSR count). The standard InChI is InChI=1S/C14H21BrN2O2S/c1-3-6-17(9-11-4-5-11)20(18,19)14-8-13(16)12(15)7-10(14)2/h7-8,11H,3-6,9,16H2,1-2H3. The fourth-order valence-electron chi connectivity index (χ4n) is 2.23. The highest BCUT2D eigenvalue weighted by Gasteiger charge is 2.32. The quantitative estimate of drug-likeness (QED) is 0.792. The van der Waals surface area contributed by atoms with Gasteiger partial charge in [-0.05, 0) is 65.7 Å². The van der Waals surface area contributed by atoms with E-state index in [1.807, 2.05) is 6.92 Å². The number of hydrogen-bond donors (Lipinski definition) is 1. The van der Waals surface area contributed by atoms with E-state index in [1.165, 1.54) is 0 Å². The van der Waals surface area contributed by atoms with E-state index in [-0.39, 0.29) is 0 Å². The van der Waals surface area contributed by atoms with Crippen LogP contribution in [0.25, 0.3) is 0 Å². The van der Waals surface area contributed by atoms with E-state index in [0.717, 1.165) is 29.3 Å². The number of halogens is 1. The van der Waals surface area contributed by atoms with Gasteiger partial charge >= 0.3 is 0 Å². The van der Waals surface area contributed by atoms with E-state index in [1.54, 1.807) is 23.4 Å². The highest BCUT2D eigenvalue weighted by atomic mass is 79.9. The van der Waals surface area contributed by atoms with Crippen molar-refractivity contribution in [3.63, 3.8) is 0 Å². The first kappa shape index (κ1) is 15.8. The highest BCUT2D eigenvalue weighted by molar-refractivity contribution is 9.10.